The van der Waals surface area contributed by atoms with Gasteiger partial charge in [-0.05, 0) is 31.2 Å². The molecular formula is C23H26N4O7S. The second kappa shape index (κ2) is 10.4. The van der Waals surface area contributed by atoms with Gasteiger partial charge in [-0.25, -0.2) is 23.4 Å². The lowest BCUT2D eigenvalue weighted by Crippen LogP contribution is -2.18. The van der Waals surface area contributed by atoms with Gasteiger partial charge < -0.3 is 29.0 Å². The summed E-state index contributed by atoms with van der Waals surface area (Å²) in [5, 5.41) is 9.13. The molecule has 35 heavy (non-hydrogen) atoms. The number of benzene rings is 1. The summed E-state index contributed by atoms with van der Waals surface area (Å²) in [6.45, 7) is 2.58. The summed E-state index contributed by atoms with van der Waals surface area (Å²) in [5.74, 6) is 1.51. The second-order valence-electron chi connectivity index (χ2n) is 8.00. The molecule has 2 atom stereocenters. The number of sulfone groups is 1. The van der Waals surface area contributed by atoms with E-state index in [1.165, 1.54) is 6.20 Å². The summed E-state index contributed by atoms with van der Waals surface area (Å²) in [5.41, 5.74) is 2.19. The van der Waals surface area contributed by atoms with E-state index in [9.17, 15) is 13.5 Å². The van der Waals surface area contributed by atoms with Gasteiger partial charge in [-0.1, -0.05) is 0 Å². The number of methoxy groups -OCH3 is 1. The summed E-state index contributed by atoms with van der Waals surface area (Å²) >= 11 is 0. The molecule has 0 fully saturated rings. The Hall–Kier alpha value is -3.48. The lowest BCUT2D eigenvalue weighted by atomic mass is 10.1. The number of hydrogen-bond acceptors (Lipinski definition) is 10. The van der Waals surface area contributed by atoms with Crippen LogP contribution in [-0.4, -0.2) is 79.7 Å². The number of nitrogens with zero attached hydrogens (tertiary/aromatic N) is 3. The third-order valence-corrected chi connectivity index (χ3v) is 5.94. The zero-order valence-corrected chi connectivity index (χ0v) is 20.3. The van der Waals surface area contributed by atoms with Gasteiger partial charge in [0.05, 0.1) is 32.2 Å². The predicted octanol–water partition coefficient (Wildman–Crippen LogP) is 2.22. The van der Waals surface area contributed by atoms with Crippen molar-refractivity contribution in [3.8, 4) is 28.6 Å². The highest BCUT2D eigenvalue weighted by molar-refractivity contribution is 7.90. The van der Waals surface area contributed by atoms with Gasteiger partial charge >= 0.3 is 0 Å². The van der Waals surface area contributed by atoms with E-state index in [1.807, 2.05) is 25.1 Å². The maximum atomic E-state index is 11.6. The van der Waals surface area contributed by atoms with Gasteiger partial charge in [0, 0.05) is 30.7 Å². The van der Waals surface area contributed by atoms with Crippen LogP contribution in [0.15, 0.2) is 52.7 Å². The maximum absolute atomic E-state index is 11.6. The van der Waals surface area contributed by atoms with Crippen molar-refractivity contribution in [2.24, 2.45) is 4.99 Å². The summed E-state index contributed by atoms with van der Waals surface area (Å²) in [6.07, 6.45) is 2.89. The molecule has 3 heterocycles. The van der Waals surface area contributed by atoms with Gasteiger partial charge in [-0.2, -0.15) is 0 Å². The average molecular weight is 503 g/mol. The summed E-state index contributed by atoms with van der Waals surface area (Å²) in [7, 11) is -1.87. The number of nitrogens with one attached hydrogen (secondary N) is 1. The lowest BCUT2D eigenvalue weighted by Gasteiger charge is -2.16. The first-order valence-corrected chi connectivity index (χ1v) is 12.7. The number of hydrogen-bond donors (Lipinski definition) is 2. The number of aliphatic imine (C=N–C) groups is 1. The van der Waals surface area contributed by atoms with Gasteiger partial charge in [0.25, 0.3) is 0 Å². The number of aromatic nitrogens is 3. The van der Waals surface area contributed by atoms with Crippen molar-refractivity contribution in [2.75, 3.05) is 33.1 Å². The number of aliphatic hydroxyl groups is 1. The van der Waals surface area contributed by atoms with E-state index < -0.39 is 9.84 Å². The molecule has 1 aliphatic rings. The SMILES string of the molecule is COC[C@H](C)Oc1cc(Oc2cnc(S(C)(=O)=O)cn2)cc(-c2ccc(C3=NC[C@H](CO)O3)[nH]2)c1. The van der Waals surface area contributed by atoms with Crippen LogP contribution in [0.2, 0.25) is 0 Å². The van der Waals surface area contributed by atoms with E-state index in [2.05, 4.69) is 19.9 Å². The predicted molar refractivity (Wildman–Crippen MR) is 127 cm³/mol. The quantitative estimate of drug-likeness (QED) is 0.426. The average Bonchev–Trinajstić information content (AvgIpc) is 3.48. The van der Waals surface area contributed by atoms with Crippen LogP contribution in [0.5, 0.6) is 17.4 Å². The van der Waals surface area contributed by atoms with Crippen LogP contribution in [0.4, 0.5) is 0 Å². The van der Waals surface area contributed by atoms with Gasteiger partial charge in [0.2, 0.25) is 11.8 Å². The van der Waals surface area contributed by atoms with Gasteiger partial charge in [-0.3, -0.25) is 0 Å². The Morgan fingerprint density at radius 3 is 2.60 bits per heavy atom. The molecule has 186 valence electrons. The second-order valence-corrected chi connectivity index (χ2v) is 9.96. The largest absolute Gasteiger partial charge is 0.488 e. The van der Waals surface area contributed by atoms with Crippen LogP contribution in [0.1, 0.15) is 12.6 Å². The van der Waals surface area contributed by atoms with Crippen LogP contribution in [-0.2, 0) is 19.3 Å². The highest BCUT2D eigenvalue weighted by Crippen LogP contribution is 2.32. The Balaban J connectivity index is 1.62. The third-order valence-electron chi connectivity index (χ3n) is 4.97. The molecule has 1 aliphatic heterocycles. The molecule has 2 N–H and O–H groups in total. The van der Waals surface area contributed by atoms with Crippen LogP contribution < -0.4 is 9.47 Å². The van der Waals surface area contributed by atoms with E-state index in [0.717, 1.165) is 23.7 Å². The molecule has 11 nitrogen and oxygen atoms in total. The van der Waals surface area contributed by atoms with Crippen molar-refractivity contribution in [3.63, 3.8) is 0 Å². The van der Waals surface area contributed by atoms with Crippen LogP contribution in [0, 0.1) is 0 Å². The van der Waals surface area contributed by atoms with Crippen molar-refractivity contribution in [3.05, 3.63) is 48.4 Å². The molecule has 1 aromatic carbocycles. The molecule has 4 rings (SSSR count). The van der Waals surface area contributed by atoms with E-state index in [0.29, 0.717) is 36.2 Å². The normalized spacial score (nSPS) is 16.5. The van der Waals surface area contributed by atoms with Crippen LogP contribution in [0.25, 0.3) is 11.3 Å². The Labute approximate surface area is 202 Å². The number of aromatic amines is 1. The molecule has 0 unspecified atom stereocenters. The first-order valence-electron chi connectivity index (χ1n) is 10.8. The van der Waals surface area contributed by atoms with Crippen LogP contribution in [0.3, 0.4) is 0 Å². The van der Waals surface area contributed by atoms with Gasteiger partial charge in [0.1, 0.15) is 29.4 Å². The van der Waals surface area contributed by atoms with Gasteiger partial charge in [-0.15, -0.1) is 0 Å². The minimum atomic E-state index is -3.47. The van der Waals surface area contributed by atoms with Gasteiger partial charge in [0.15, 0.2) is 14.9 Å². The molecule has 0 saturated carbocycles. The fraction of sp³-hybridized carbons (Fsp3) is 0.348. The minimum Gasteiger partial charge on any atom is -0.488 e. The number of aliphatic hydroxyl groups excluding tert-OH is 1. The van der Waals surface area contributed by atoms with E-state index in [4.69, 9.17) is 18.9 Å². The Kier molecular flexibility index (Phi) is 7.34. The van der Waals surface area contributed by atoms with Crippen LogP contribution >= 0.6 is 0 Å². The Bertz CT molecular complexity index is 1310. The zero-order valence-electron chi connectivity index (χ0n) is 19.5. The van der Waals surface area contributed by atoms with E-state index in [1.54, 1.807) is 19.2 Å². The highest BCUT2D eigenvalue weighted by atomic mass is 32.2. The van der Waals surface area contributed by atoms with Crippen molar-refractivity contribution < 1.29 is 32.5 Å². The Morgan fingerprint density at radius 1 is 1.17 bits per heavy atom. The third kappa shape index (κ3) is 6.15. The van der Waals surface area contributed by atoms with E-state index >= 15 is 0 Å². The molecular weight excluding hydrogens is 476 g/mol. The monoisotopic (exact) mass is 502 g/mol. The molecule has 0 amide bonds. The fourth-order valence-corrected chi connectivity index (χ4v) is 3.86. The summed E-state index contributed by atoms with van der Waals surface area (Å²) in [4.78, 5) is 15.5. The highest BCUT2D eigenvalue weighted by Gasteiger charge is 2.21. The lowest BCUT2D eigenvalue weighted by molar-refractivity contribution is 0.0920. The van der Waals surface area contributed by atoms with Crippen molar-refractivity contribution in [1.82, 2.24) is 15.0 Å². The summed E-state index contributed by atoms with van der Waals surface area (Å²) < 4.78 is 45.9. The first kappa shape index (κ1) is 24.6. The molecule has 2 aromatic heterocycles. The van der Waals surface area contributed by atoms with Crippen molar-refractivity contribution >= 4 is 15.7 Å². The molecule has 0 bridgehead atoms. The standard InChI is InChI=1S/C23H26N4O7S/c1-14(13-31-2)32-16-6-15(19-4-5-20(27-19)23-26-9-18(12-28)34-23)7-17(8-16)33-21-10-25-22(11-24-21)35(3,29)30/h4-8,10-11,14,18,27-28H,9,12-13H2,1-3H3/t14-,18+/m0/s1. The topological polar surface area (TPSA) is 145 Å². The fourth-order valence-electron chi connectivity index (χ4n) is 3.37. The molecule has 12 heteroatoms. The number of ether oxygens (including phenoxy) is 4. The molecule has 0 spiro atoms. The first-order chi connectivity index (χ1) is 16.7. The molecule has 0 aliphatic carbocycles. The molecule has 0 radical (unpaired) electrons. The van der Waals surface area contributed by atoms with Crippen molar-refractivity contribution in [2.45, 2.75) is 24.2 Å². The minimum absolute atomic E-state index is 0.103. The number of H-pyrrole nitrogens is 1. The maximum Gasteiger partial charge on any atom is 0.237 e. The molecule has 0 saturated heterocycles. The van der Waals surface area contributed by atoms with Crippen molar-refractivity contribution in [1.29, 1.82) is 0 Å². The Morgan fingerprint density at radius 2 is 1.94 bits per heavy atom. The van der Waals surface area contributed by atoms with E-state index in [-0.39, 0.29) is 29.7 Å². The smallest absolute Gasteiger partial charge is 0.237 e. The molecule has 3 aromatic rings. The number of rotatable bonds is 10. The zero-order chi connectivity index (χ0) is 25.0. The summed E-state index contributed by atoms with van der Waals surface area (Å²) in [6, 6.07) is 9.03.